The predicted molar refractivity (Wildman–Crippen MR) is 104 cm³/mol. The number of nitrogens with one attached hydrogen (secondary N) is 1. The predicted octanol–water partition coefficient (Wildman–Crippen LogP) is 2.66. The summed E-state index contributed by atoms with van der Waals surface area (Å²) >= 11 is 0. The first kappa shape index (κ1) is 18.4. The van der Waals surface area contributed by atoms with Gasteiger partial charge in [0.2, 0.25) is 0 Å². The Hall–Kier alpha value is -4.36. The van der Waals surface area contributed by atoms with Crippen molar-refractivity contribution in [3.8, 4) is 12.1 Å². The number of imide groups is 1. The highest BCUT2D eigenvalue weighted by molar-refractivity contribution is 6.09. The maximum atomic E-state index is 12.0. The summed E-state index contributed by atoms with van der Waals surface area (Å²) in [5, 5.41) is 21.3. The van der Waals surface area contributed by atoms with Crippen molar-refractivity contribution in [2.24, 2.45) is 5.73 Å². The summed E-state index contributed by atoms with van der Waals surface area (Å²) < 4.78 is 1.94. The Labute approximate surface area is 160 Å². The number of para-hydroxylation sites is 1. The van der Waals surface area contributed by atoms with Gasteiger partial charge in [-0.15, -0.1) is 0 Å². The minimum absolute atomic E-state index is 0.237. The Morgan fingerprint density at radius 2 is 1.82 bits per heavy atom. The number of urea groups is 1. The van der Waals surface area contributed by atoms with E-state index in [1.165, 1.54) is 6.08 Å². The third-order valence-electron chi connectivity index (χ3n) is 4.20. The van der Waals surface area contributed by atoms with E-state index in [0.717, 1.165) is 16.5 Å². The molecule has 0 bridgehead atoms. The molecule has 1 aromatic heterocycles. The van der Waals surface area contributed by atoms with Gasteiger partial charge >= 0.3 is 6.03 Å². The molecule has 0 aliphatic heterocycles. The molecule has 0 saturated heterocycles. The summed E-state index contributed by atoms with van der Waals surface area (Å²) in [5.41, 5.74) is 7.67. The number of fused-ring (bicyclic) bond motifs is 1. The molecule has 0 spiro atoms. The molecule has 3 amide bonds. The van der Waals surface area contributed by atoms with Gasteiger partial charge in [0.15, 0.2) is 0 Å². The van der Waals surface area contributed by atoms with E-state index >= 15 is 0 Å². The van der Waals surface area contributed by atoms with E-state index in [2.05, 4.69) is 6.07 Å². The lowest BCUT2D eigenvalue weighted by Crippen LogP contribution is -2.35. The molecule has 3 rings (SSSR count). The number of nitriles is 2. The molecule has 2 aromatic carbocycles. The van der Waals surface area contributed by atoms with E-state index in [1.807, 2.05) is 46.3 Å². The molecule has 3 N–H and O–H groups in total. The summed E-state index contributed by atoms with van der Waals surface area (Å²) in [6.45, 7) is 0.452. The van der Waals surface area contributed by atoms with Crippen LogP contribution in [0.5, 0.6) is 0 Å². The van der Waals surface area contributed by atoms with Crippen LogP contribution in [0.2, 0.25) is 0 Å². The lowest BCUT2D eigenvalue weighted by Gasteiger charge is -2.07. The van der Waals surface area contributed by atoms with Gasteiger partial charge in [0.25, 0.3) is 5.91 Å². The van der Waals surface area contributed by atoms with E-state index in [-0.39, 0.29) is 5.57 Å². The van der Waals surface area contributed by atoms with E-state index < -0.39 is 11.9 Å². The molecule has 0 aliphatic rings. The highest BCUT2D eigenvalue weighted by Gasteiger charge is 2.14. The van der Waals surface area contributed by atoms with Crippen LogP contribution in [0.4, 0.5) is 4.79 Å². The van der Waals surface area contributed by atoms with Gasteiger partial charge in [-0.2, -0.15) is 10.5 Å². The van der Waals surface area contributed by atoms with Crippen LogP contribution in [0, 0.1) is 22.7 Å². The third-order valence-corrected chi connectivity index (χ3v) is 4.20. The summed E-state index contributed by atoms with van der Waals surface area (Å²) in [5.74, 6) is -0.860. The molecule has 0 unspecified atom stereocenters. The number of amides is 3. The van der Waals surface area contributed by atoms with Crippen LogP contribution < -0.4 is 11.1 Å². The fraction of sp³-hybridized carbons (Fsp3) is 0.0476. The molecule has 0 fully saturated rings. The monoisotopic (exact) mass is 369 g/mol. The second kappa shape index (κ2) is 7.90. The van der Waals surface area contributed by atoms with Crippen molar-refractivity contribution >= 4 is 28.9 Å². The van der Waals surface area contributed by atoms with Crippen LogP contribution in [0.1, 0.15) is 16.7 Å². The fourth-order valence-electron chi connectivity index (χ4n) is 2.96. The number of rotatable bonds is 4. The first-order valence-corrected chi connectivity index (χ1v) is 8.32. The number of carbonyl (C=O) groups is 2. The Kier molecular flexibility index (Phi) is 5.20. The van der Waals surface area contributed by atoms with Crippen LogP contribution in [-0.2, 0) is 11.3 Å². The Bertz CT molecular complexity index is 1190. The smallest absolute Gasteiger partial charge is 0.319 e. The lowest BCUT2D eigenvalue weighted by molar-refractivity contribution is -0.115. The number of carbonyl (C=O) groups excluding carboxylic acids is 2. The molecule has 136 valence electrons. The number of nitrogens with zero attached hydrogens (tertiary/aromatic N) is 3. The second-order valence-corrected chi connectivity index (χ2v) is 5.99. The number of aromatic nitrogens is 1. The van der Waals surface area contributed by atoms with Crippen molar-refractivity contribution < 1.29 is 9.59 Å². The number of nitrogens with two attached hydrogens (primary N) is 1. The van der Waals surface area contributed by atoms with E-state index in [9.17, 15) is 20.1 Å². The normalized spacial score (nSPS) is 10.9. The maximum absolute atomic E-state index is 12.0. The summed E-state index contributed by atoms with van der Waals surface area (Å²) in [7, 11) is 0. The molecule has 28 heavy (non-hydrogen) atoms. The van der Waals surface area contributed by atoms with E-state index in [0.29, 0.717) is 17.7 Å². The van der Waals surface area contributed by atoms with E-state index in [1.54, 1.807) is 24.4 Å². The lowest BCUT2D eigenvalue weighted by atomic mass is 10.1. The zero-order valence-electron chi connectivity index (χ0n) is 14.7. The van der Waals surface area contributed by atoms with Crippen molar-refractivity contribution in [1.29, 1.82) is 10.5 Å². The molecule has 7 nitrogen and oxygen atoms in total. The van der Waals surface area contributed by atoms with Crippen LogP contribution in [0.25, 0.3) is 17.0 Å². The van der Waals surface area contributed by atoms with Gasteiger partial charge in [-0.05, 0) is 23.8 Å². The minimum atomic E-state index is -1.03. The van der Waals surface area contributed by atoms with Crippen molar-refractivity contribution in [3.05, 3.63) is 77.0 Å². The number of hydrogen-bond donors (Lipinski definition) is 2. The Morgan fingerprint density at radius 1 is 1.11 bits per heavy atom. The van der Waals surface area contributed by atoms with Crippen molar-refractivity contribution in [2.75, 3.05) is 0 Å². The zero-order chi connectivity index (χ0) is 20.1. The first-order valence-electron chi connectivity index (χ1n) is 8.32. The van der Waals surface area contributed by atoms with Crippen molar-refractivity contribution in [1.82, 2.24) is 9.88 Å². The zero-order valence-corrected chi connectivity index (χ0v) is 14.7. The largest absolute Gasteiger partial charge is 0.351 e. The summed E-state index contributed by atoms with van der Waals surface area (Å²) in [6, 6.07) is 17.8. The molecular weight excluding hydrogens is 354 g/mol. The van der Waals surface area contributed by atoms with E-state index in [4.69, 9.17) is 5.73 Å². The Balaban J connectivity index is 2.07. The number of primary amides is 1. The topological polar surface area (TPSA) is 125 Å². The molecule has 1 heterocycles. The van der Waals surface area contributed by atoms with Gasteiger partial charge < -0.3 is 10.3 Å². The van der Waals surface area contributed by atoms with Crippen LogP contribution in [0.3, 0.4) is 0 Å². The highest BCUT2D eigenvalue weighted by atomic mass is 16.2. The fourth-order valence-corrected chi connectivity index (χ4v) is 2.96. The minimum Gasteiger partial charge on any atom is -0.351 e. The summed E-state index contributed by atoms with van der Waals surface area (Å²) in [4.78, 5) is 22.8. The highest BCUT2D eigenvalue weighted by Crippen LogP contribution is 2.25. The number of hydrogen-bond acceptors (Lipinski definition) is 4. The molecular formula is C21H15N5O2. The van der Waals surface area contributed by atoms with Gasteiger partial charge in [-0.3, -0.25) is 10.1 Å². The molecule has 3 aromatic rings. The van der Waals surface area contributed by atoms with Gasteiger partial charge in [-0.1, -0.05) is 36.4 Å². The third kappa shape index (κ3) is 3.74. The summed E-state index contributed by atoms with van der Waals surface area (Å²) in [6.07, 6.45) is 3.21. The standard InChI is InChI=1S/C21H15N5O2/c22-10-14-5-1-2-6-15(14)12-26-13-17(18-7-3-4-8-19(18)26)9-16(11-23)20(27)25-21(24)28/h1-9,13H,12H2,(H3,24,25,27,28)/b16-9-. The maximum Gasteiger partial charge on any atom is 0.319 e. The second-order valence-electron chi connectivity index (χ2n) is 5.99. The molecule has 0 saturated carbocycles. The average molecular weight is 369 g/mol. The van der Waals surface area contributed by atoms with Crippen LogP contribution in [0.15, 0.2) is 60.3 Å². The Morgan fingerprint density at radius 3 is 2.54 bits per heavy atom. The molecule has 0 aliphatic carbocycles. The number of benzene rings is 2. The SMILES string of the molecule is N#C/C(=C/c1cn(Cc2ccccc2C#N)c2ccccc12)C(=O)NC(N)=O. The van der Waals surface area contributed by atoms with Crippen LogP contribution in [-0.4, -0.2) is 16.5 Å². The van der Waals surface area contributed by atoms with Gasteiger partial charge in [0.05, 0.1) is 11.6 Å². The molecule has 7 heteroatoms. The van der Waals surface area contributed by atoms with Gasteiger partial charge in [-0.25, -0.2) is 4.79 Å². The van der Waals surface area contributed by atoms with Gasteiger partial charge in [0.1, 0.15) is 11.6 Å². The van der Waals surface area contributed by atoms with Crippen molar-refractivity contribution in [2.45, 2.75) is 6.54 Å². The molecule has 0 radical (unpaired) electrons. The quantitative estimate of drug-likeness (QED) is 0.542. The average Bonchev–Trinajstić information content (AvgIpc) is 3.03. The molecule has 0 atom stereocenters. The first-order chi connectivity index (χ1) is 13.5. The van der Waals surface area contributed by atoms with Crippen molar-refractivity contribution in [3.63, 3.8) is 0 Å². The van der Waals surface area contributed by atoms with Crippen LogP contribution >= 0.6 is 0 Å². The van der Waals surface area contributed by atoms with Gasteiger partial charge in [0, 0.05) is 29.2 Å².